The molecule has 0 bridgehead atoms. The monoisotopic (exact) mass is 631 g/mol. The molecule has 1 saturated heterocycles. The highest BCUT2D eigenvalue weighted by molar-refractivity contribution is 5.81. The third-order valence-corrected chi connectivity index (χ3v) is 9.01. The van der Waals surface area contributed by atoms with E-state index in [4.69, 9.17) is 41.9 Å². The molecule has 2 saturated carbocycles. The maximum Gasteiger partial charge on any atom is 0.250 e. The first-order valence-corrected chi connectivity index (χ1v) is 15.6. The van der Waals surface area contributed by atoms with Crippen LogP contribution in [0.4, 0.5) is 0 Å². The van der Waals surface area contributed by atoms with Gasteiger partial charge in [0.05, 0.1) is 31.3 Å². The van der Waals surface area contributed by atoms with Gasteiger partial charge in [0.25, 0.3) is 0 Å². The Labute approximate surface area is 258 Å². The van der Waals surface area contributed by atoms with Gasteiger partial charge in [0.15, 0.2) is 6.29 Å². The van der Waals surface area contributed by atoms with Gasteiger partial charge in [0.1, 0.15) is 41.9 Å². The summed E-state index contributed by atoms with van der Waals surface area (Å²) in [6.07, 6.45) is -3.05. The van der Waals surface area contributed by atoms with Gasteiger partial charge in [-0.05, 0) is 64.6 Å². The van der Waals surface area contributed by atoms with Crippen LogP contribution in [0.2, 0.25) is 0 Å². The summed E-state index contributed by atoms with van der Waals surface area (Å²) >= 11 is 0. The first-order chi connectivity index (χ1) is 20.9. The Balaban J connectivity index is 1.42. The second-order valence-electron chi connectivity index (χ2n) is 12.8. The molecule has 0 spiro atoms. The summed E-state index contributed by atoms with van der Waals surface area (Å²) in [5.41, 5.74) is 23.0. The summed E-state index contributed by atoms with van der Waals surface area (Å²) in [6.45, 7) is 2.22. The van der Waals surface area contributed by atoms with Crippen molar-refractivity contribution in [1.29, 1.82) is 0 Å². The molecule has 4 aliphatic rings. The van der Waals surface area contributed by atoms with Gasteiger partial charge < -0.3 is 78.3 Å². The smallest absolute Gasteiger partial charge is 0.250 e. The van der Waals surface area contributed by atoms with Gasteiger partial charge in [-0.1, -0.05) is 0 Å². The lowest BCUT2D eigenvalue weighted by Crippen LogP contribution is -2.69. The normalized spacial score (nSPS) is 40.9. The number of rotatable bonds is 14. The van der Waals surface area contributed by atoms with Gasteiger partial charge >= 0.3 is 0 Å². The van der Waals surface area contributed by atoms with Crippen molar-refractivity contribution in [2.45, 2.75) is 118 Å². The predicted octanol–water partition coefficient (Wildman–Crippen LogP) is -4.62. The van der Waals surface area contributed by atoms with Crippen LogP contribution < -0.4 is 38.9 Å². The van der Waals surface area contributed by atoms with E-state index in [1.807, 2.05) is 6.08 Å². The van der Waals surface area contributed by atoms with Crippen LogP contribution >= 0.6 is 0 Å². The molecular weight excluding hydrogens is 578 g/mol. The number of amides is 1. The zero-order valence-electron chi connectivity index (χ0n) is 25.6. The van der Waals surface area contributed by atoms with E-state index in [0.29, 0.717) is 24.6 Å². The maximum atomic E-state index is 12.6. The van der Waals surface area contributed by atoms with E-state index >= 15 is 0 Å². The minimum Gasteiger partial charge on any atom is -0.467 e. The second-order valence-corrected chi connectivity index (χ2v) is 12.8. The van der Waals surface area contributed by atoms with Gasteiger partial charge in [0.2, 0.25) is 12.2 Å². The van der Waals surface area contributed by atoms with Crippen LogP contribution in [0.15, 0.2) is 11.8 Å². The van der Waals surface area contributed by atoms with Crippen LogP contribution in [0.25, 0.3) is 0 Å². The summed E-state index contributed by atoms with van der Waals surface area (Å²) in [5, 5.41) is 52.0. The topological polar surface area (TPSA) is 275 Å². The molecule has 2 aliphatic heterocycles. The van der Waals surface area contributed by atoms with E-state index in [1.54, 1.807) is 7.05 Å². The average Bonchev–Trinajstić information content (AvgIpc) is 3.83. The molecular formula is C28H53N7O9. The first-order valence-electron chi connectivity index (χ1n) is 15.6. The number of aliphatic hydroxyl groups excluding tert-OH is 3. The number of nitrogens with two attached hydrogens (primary N) is 4. The van der Waals surface area contributed by atoms with Crippen molar-refractivity contribution < 1.29 is 44.2 Å². The molecule has 13 atom stereocenters. The fraction of sp³-hybridized carbons (Fsp3) is 0.893. The molecule has 16 heteroatoms. The molecule has 3 fully saturated rings. The lowest BCUT2D eigenvalue weighted by atomic mass is 9.83. The third-order valence-electron chi connectivity index (χ3n) is 9.01. The van der Waals surface area contributed by atoms with Crippen molar-refractivity contribution in [3.05, 3.63) is 11.8 Å². The van der Waals surface area contributed by atoms with Gasteiger partial charge in [-0.3, -0.25) is 4.79 Å². The Morgan fingerprint density at radius 3 is 2.52 bits per heavy atom. The van der Waals surface area contributed by atoms with Crippen LogP contribution in [0, 0.1) is 5.92 Å². The molecule has 2 aliphatic carbocycles. The minimum atomic E-state index is -1.49. The molecule has 2 heterocycles. The Hall–Kier alpha value is -1.51. The van der Waals surface area contributed by atoms with Crippen LogP contribution in [-0.2, 0) is 23.7 Å². The molecule has 1 amide bonds. The van der Waals surface area contributed by atoms with E-state index in [1.165, 1.54) is 19.8 Å². The Morgan fingerprint density at radius 1 is 1.16 bits per heavy atom. The lowest BCUT2D eigenvalue weighted by molar-refractivity contribution is -0.304. The molecule has 0 radical (unpaired) electrons. The fourth-order valence-corrected chi connectivity index (χ4v) is 6.15. The fourth-order valence-electron chi connectivity index (χ4n) is 6.15. The van der Waals surface area contributed by atoms with E-state index in [2.05, 4.69) is 16.0 Å². The van der Waals surface area contributed by atoms with Gasteiger partial charge in [-0.15, -0.1) is 0 Å². The molecule has 0 aromatic rings. The zero-order valence-corrected chi connectivity index (χ0v) is 25.6. The van der Waals surface area contributed by atoms with E-state index in [-0.39, 0.29) is 25.6 Å². The Bertz CT molecular complexity index is 974. The molecule has 4 rings (SSSR count). The van der Waals surface area contributed by atoms with Crippen molar-refractivity contribution in [1.82, 2.24) is 16.0 Å². The molecule has 16 nitrogen and oxygen atoms in total. The van der Waals surface area contributed by atoms with Crippen LogP contribution in [0.5, 0.6) is 0 Å². The van der Waals surface area contributed by atoms with E-state index < -0.39 is 78.8 Å². The average molecular weight is 632 g/mol. The lowest BCUT2D eigenvalue weighted by Gasteiger charge is -2.48. The number of hydrogen-bond donors (Lipinski definition) is 11. The highest BCUT2D eigenvalue weighted by Gasteiger charge is 2.52. The number of nitrogens with one attached hydrogen (secondary N) is 3. The van der Waals surface area contributed by atoms with Crippen molar-refractivity contribution in [3.8, 4) is 0 Å². The maximum absolute atomic E-state index is 12.6. The number of ether oxygens (including phenoxy) is 4. The summed E-state index contributed by atoms with van der Waals surface area (Å²) < 4.78 is 24.0. The SMILES string of the molecule is CN[C@@H]1[C@@H](O)[C@@H](O[C@@H]2[C@@H](O)[C@H](O[C@H]3OC(CNCCC(N)C4CC4)=CC[C@H]3N)[C@@H](N)C[C@H]2NC(=O)[C@@H](O)CN)OC[C@]1(C)O. The number of aliphatic hydroxyl groups is 4. The first kappa shape index (κ1) is 35.3. The van der Waals surface area contributed by atoms with Gasteiger partial charge in [-0.25, -0.2) is 0 Å². The minimum absolute atomic E-state index is 0.0683. The highest BCUT2D eigenvalue weighted by atomic mass is 16.7. The number of carbonyl (C=O) groups is 1. The largest absolute Gasteiger partial charge is 0.467 e. The molecule has 0 aromatic heterocycles. The Kier molecular flexibility index (Phi) is 12.4. The van der Waals surface area contributed by atoms with Crippen molar-refractivity contribution in [2.75, 3.05) is 33.3 Å². The van der Waals surface area contributed by atoms with Crippen LogP contribution in [-0.4, -0.2) is 139 Å². The summed E-state index contributed by atoms with van der Waals surface area (Å²) in [7, 11) is 1.58. The highest BCUT2D eigenvalue weighted by Crippen LogP contribution is 2.33. The molecule has 1 unspecified atom stereocenters. The van der Waals surface area contributed by atoms with Crippen molar-refractivity contribution in [3.63, 3.8) is 0 Å². The van der Waals surface area contributed by atoms with E-state index in [0.717, 1.165) is 13.0 Å². The quantitative estimate of drug-likeness (QED) is 0.0805. The molecule has 44 heavy (non-hydrogen) atoms. The summed E-state index contributed by atoms with van der Waals surface area (Å²) in [5.74, 6) is 0.500. The zero-order chi connectivity index (χ0) is 32.2. The number of carbonyl (C=O) groups excluding carboxylic acids is 1. The van der Waals surface area contributed by atoms with Gasteiger partial charge in [-0.2, -0.15) is 0 Å². The van der Waals surface area contributed by atoms with E-state index in [9.17, 15) is 25.2 Å². The summed E-state index contributed by atoms with van der Waals surface area (Å²) in [4.78, 5) is 12.6. The van der Waals surface area contributed by atoms with Crippen LogP contribution in [0.1, 0.15) is 39.0 Å². The number of hydrogen-bond acceptors (Lipinski definition) is 15. The number of likely N-dealkylation sites (N-methyl/N-ethyl adjacent to an activating group) is 1. The van der Waals surface area contributed by atoms with Crippen molar-refractivity contribution in [2.24, 2.45) is 28.9 Å². The second kappa shape index (κ2) is 15.4. The molecule has 254 valence electrons. The van der Waals surface area contributed by atoms with Crippen LogP contribution in [0.3, 0.4) is 0 Å². The third kappa shape index (κ3) is 8.64. The Morgan fingerprint density at radius 2 is 1.86 bits per heavy atom. The molecule has 0 aromatic carbocycles. The predicted molar refractivity (Wildman–Crippen MR) is 158 cm³/mol. The van der Waals surface area contributed by atoms with Gasteiger partial charge in [0, 0.05) is 18.6 Å². The molecule has 15 N–H and O–H groups in total. The summed E-state index contributed by atoms with van der Waals surface area (Å²) in [6, 6.07) is -2.88. The standard InChI is InChI=1S/C28H53N7O9/c1-28(40)12-41-27(21(38)24(28)33-2)44-23-18(35-25(39)19(36)10-29)9-17(32)22(20(23)37)43-26-16(31)6-5-14(42-26)11-34-8-7-15(30)13-3-4-13/h5,13,15-24,26-27,33-34,36-38,40H,3-4,6-12,29-32H2,1-2H3,(H,35,39)/t15?,16-,17+,18-,19+,20+,21-,22-,23+,24-,26-,27-,28+/m1/s1. The van der Waals surface area contributed by atoms with Crippen molar-refractivity contribution >= 4 is 5.91 Å².